The number of nitriles is 1. The molecule has 4 aromatic rings. The van der Waals surface area contributed by atoms with E-state index in [2.05, 4.69) is 17.5 Å². The molecule has 0 unspecified atom stereocenters. The molecule has 184 valence electrons. The molecule has 1 N–H and O–H groups in total. The number of nitrogens with zero attached hydrogens (tertiary/aromatic N) is 2. The number of anilines is 2. The molecule has 0 fully saturated rings. The van der Waals surface area contributed by atoms with E-state index in [1.54, 1.807) is 14.2 Å². The van der Waals surface area contributed by atoms with Gasteiger partial charge in [-0.1, -0.05) is 41.9 Å². The van der Waals surface area contributed by atoms with Gasteiger partial charge in [-0.3, -0.25) is 0 Å². The van der Waals surface area contributed by atoms with Crippen LogP contribution in [0.1, 0.15) is 35.2 Å². The number of hydrogen-bond acceptors (Lipinski definition) is 5. The van der Waals surface area contributed by atoms with Crippen LogP contribution in [0.4, 0.5) is 11.5 Å². The molecule has 0 radical (unpaired) electrons. The summed E-state index contributed by atoms with van der Waals surface area (Å²) in [5, 5.41) is 14.3. The van der Waals surface area contributed by atoms with Gasteiger partial charge >= 0.3 is 0 Å². The van der Waals surface area contributed by atoms with Gasteiger partial charge in [0.05, 0.1) is 19.9 Å². The molecule has 1 aliphatic rings. The third kappa shape index (κ3) is 5.16. The molecule has 3 aromatic carbocycles. The van der Waals surface area contributed by atoms with E-state index in [0.29, 0.717) is 16.4 Å². The van der Waals surface area contributed by atoms with E-state index in [0.717, 1.165) is 70.0 Å². The second-order valence-electron chi connectivity index (χ2n) is 8.81. The van der Waals surface area contributed by atoms with Crippen molar-refractivity contribution in [2.45, 2.75) is 19.3 Å². The number of nitrogens with one attached hydrogen (secondary N) is 1. The Morgan fingerprint density at radius 1 is 0.946 bits per heavy atom. The van der Waals surface area contributed by atoms with E-state index in [1.807, 2.05) is 72.8 Å². The number of fused-ring (bicyclic) bond motifs is 1. The van der Waals surface area contributed by atoms with Crippen LogP contribution in [0, 0.1) is 11.3 Å². The number of rotatable bonds is 6. The average Bonchev–Trinajstić information content (AvgIpc) is 2.93. The van der Waals surface area contributed by atoms with E-state index in [1.165, 1.54) is 0 Å². The fourth-order valence-electron chi connectivity index (χ4n) is 4.73. The lowest BCUT2D eigenvalue weighted by molar-refractivity contribution is 0.414. The van der Waals surface area contributed by atoms with Crippen LogP contribution < -0.4 is 14.8 Å². The Morgan fingerprint density at radius 3 is 2.30 bits per heavy atom. The number of methoxy groups -OCH3 is 2. The highest BCUT2D eigenvalue weighted by atomic mass is 35.5. The molecule has 1 aliphatic carbocycles. The highest BCUT2D eigenvalue weighted by Gasteiger charge is 2.26. The van der Waals surface area contributed by atoms with Gasteiger partial charge in [0.25, 0.3) is 0 Å². The zero-order valence-electron chi connectivity index (χ0n) is 20.7. The van der Waals surface area contributed by atoms with Gasteiger partial charge in [-0.2, -0.15) is 5.26 Å². The molecule has 0 amide bonds. The Morgan fingerprint density at radius 2 is 1.65 bits per heavy atom. The van der Waals surface area contributed by atoms with Gasteiger partial charge in [0.2, 0.25) is 0 Å². The molecule has 0 saturated heterocycles. The molecule has 0 spiro atoms. The van der Waals surface area contributed by atoms with Crippen molar-refractivity contribution >= 4 is 34.8 Å². The van der Waals surface area contributed by atoms with E-state index in [-0.39, 0.29) is 0 Å². The van der Waals surface area contributed by atoms with Crippen molar-refractivity contribution in [1.29, 1.82) is 5.26 Å². The van der Waals surface area contributed by atoms with Gasteiger partial charge in [0.1, 0.15) is 28.9 Å². The quantitative estimate of drug-likeness (QED) is 0.287. The Balaban J connectivity index is 1.71. The lowest BCUT2D eigenvalue weighted by Gasteiger charge is -2.25. The van der Waals surface area contributed by atoms with Gasteiger partial charge < -0.3 is 14.8 Å². The van der Waals surface area contributed by atoms with Crippen LogP contribution in [0.25, 0.3) is 22.8 Å². The van der Waals surface area contributed by atoms with Gasteiger partial charge in [0, 0.05) is 16.3 Å². The summed E-state index contributed by atoms with van der Waals surface area (Å²) in [5.41, 5.74) is 7.35. The van der Waals surface area contributed by atoms with Gasteiger partial charge in [-0.05, 0) is 90.1 Å². The third-order valence-electron chi connectivity index (χ3n) is 6.51. The molecule has 1 heterocycles. The Hall–Kier alpha value is -4.27. The Kier molecular flexibility index (Phi) is 7.11. The summed E-state index contributed by atoms with van der Waals surface area (Å²) in [5.74, 6) is 2.09. The van der Waals surface area contributed by atoms with E-state index in [4.69, 9.17) is 26.1 Å². The summed E-state index contributed by atoms with van der Waals surface area (Å²) in [6.07, 6.45) is 4.90. The molecule has 1 aromatic heterocycles. The van der Waals surface area contributed by atoms with Crippen LogP contribution >= 0.6 is 11.6 Å². The lowest BCUT2D eigenvalue weighted by atomic mass is 9.83. The largest absolute Gasteiger partial charge is 0.497 e. The van der Waals surface area contributed by atoms with Crippen LogP contribution in [0.3, 0.4) is 0 Å². The maximum absolute atomic E-state index is 10.3. The van der Waals surface area contributed by atoms with Crippen molar-refractivity contribution in [3.63, 3.8) is 0 Å². The molecule has 6 heteroatoms. The molecule has 0 saturated carbocycles. The van der Waals surface area contributed by atoms with Crippen LogP contribution in [-0.2, 0) is 6.42 Å². The number of hydrogen-bond donors (Lipinski definition) is 1. The summed E-state index contributed by atoms with van der Waals surface area (Å²) in [4.78, 5) is 5.05. The van der Waals surface area contributed by atoms with Crippen molar-refractivity contribution in [2.24, 2.45) is 0 Å². The standard InChI is InChI=1S/C31H26ClN3O2/c1-36-25-13-9-20(10-14-25)17-22-5-3-8-27-29(21-11-15-26(37-2)16-12-21)28(19-33)31(35-30(22)27)34-24-7-4-6-23(32)18-24/h4,6-7,9-18H,3,5,8H2,1-2H3,(H,34,35)/b22-17+. The second kappa shape index (κ2) is 10.8. The first kappa shape index (κ1) is 24.4. The smallest absolute Gasteiger partial charge is 0.149 e. The first-order chi connectivity index (χ1) is 18.1. The van der Waals surface area contributed by atoms with Crippen molar-refractivity contribution in [2.75, 3.05) is 19.5 Å². The summed E-state index contributed by atoms with van der Waals surface area (Å²) in [7, 11) is 3.31. The molecule has 37 heavy (non-hydrogen) atoms. The number of allylic oxidation sites excluding steroid dienone is 1. The first-order valence-electron chi connectivity index (χ1n) is 12.1. The fourth-order valence-corrected chi connectivity index (χ4v) is 4.92. The van der Waals surface area contributed by atoms with E-state index < -0.39 is 0 Å². The van der Waals surface area contributed by atoms with Crippen LogP contribution in [-0.4, -0.2) is 19.2 Å². The van der Waals surface area contributed by atoms with Gasteiger partial charge in [-0.15, -0.1) is 0 Å². The molecule has 0 atom stereocenters. The van der Waals surface area contributed by atoms with Crippen molar-refractivity contribution in [1.82, 2.24) is 4.98 Å². The van der Waals surface area contributed by atoms with Gasteiger partial charge in [-0.25, -0.2) is 4.98 Å². The highest BCUT2D eigenvalue weighted by Crippen LogP contribution is 2.42. The zero-order valence-corrected chi connectivity index (χ0v) is 21.5. The maximum Gasteiger partial charge on any atom is 0.149 e. The number of ether oxygens (including phenoxy) is 2. The summed E-state index contributed by atoms with van der Waals surface area (Å²) in [6.45, 7) is 0. The topological polar surface area (TPSA) is 67.2 Å². The van der Waals surface area contributed by atoms with E-state index in [9.17, 15) is 5.26 Å². The van der Waals surface area contributed by atoms with Crippen molar-refractivity contribution in [3.8, 4) is 28.7 Å². The number of pyridine rings is 1. The van der Waals surface area contributed by atoms with E-state index >= 15 is 0 Å². The monoisotopic (exact) mass is 507 g/mol. The summed E-state index contributed by atoms with van der Waals surface area (Å²) >= 11 is 6.24. The number of aromatic nitrogens is 1. The summed E-state index contributed by atoms with van der Waals surface area (Å²) in [6, 6.07) is 25.7. The minimum atomic E-state index is 0.509. The van der Waals surface area contributed by atoms with Crippen LogP contribution in [0.2, 0.25) is 5.02 Å². The van der Waals surface area contributed by atoms with Crippen LogP contribution in [0.15, 0.2) is 72.8 Å². The van der Waals surface area contributed by atoms with Crippen molar-refractivity contribution in [3.05, 3.63) is 100 Å². The third-order valence-corrected chi connectivity index (χ3v) is 6.74. The fraction of sp³-hybridized carbons (Fsp3) is 0.161. The predicted molar refractivity (Wildman–Crippen MR) is 149 cm³/mol. The normalized spacial score (nSPS) is 13.5. The Labute approximate surface area is 222 Å². The summed E-state index contributed by atoms with van der Waals surface area (Å²) < 4.78 is 10.7. The highest BCUT2D eigenvalue weighted by molar-refractivity contribution is 6.30. The molecular formula is C31H26ClN3O2. The van der Waals surface area contributed by atoms with Crippen LogP contribution in [0.5, 0.6) is 11.5 Å². The molecule has 0 aliphatic heterocycles. The number of halogens is 1. The predicted octanol–water partition coefficient (Wildman–Crippen LogP) is 7.91. The molecular weight excluding hydrogens is 482 g/mol. The number of benzene rings is 3. The molecule has 5 nitrogen and oxygen atoms in total. The second-order valence-corrected chi connectivity index (χ2v) is 9.25. The van der Waals surface area contributed by atoms with Crippen molar-refractivity contribution < 1.29 is 9.47 Å². The first-order valence-corrected chi connectivity index (χ1v) is 12.5. The molecule has 5 rings (SSSR count). The minimum Gasteiger partial charge on any atom is -0.497 e. The molecule has 0 bridgehead atoms. The lowest BCUT2D eigenvalue weighted by Crippen LogP contribution is -2.11. The Bertz CT molecular complexity index is 1500. The van der Waals surface area contributed by atoms with Gasteiger partial charge in [0.15, 0.2) is 0 Å². The average molecular weight is 508 g/mol. The maximum atomic E-state index is 10.3. The SMILES string of the molecule is COc1ccc(/C=C2\CCCc3c2nc(Nc2cccc(Cl)c2)c(C#N)c3-c2ccc(OC)cc2)cc1. The zero-order chi connectivity index (χ0) is 25.8. The minimum absolute atomic E-state index is 0.509.